The summed E-state index contributed by atoms with van der Waals surface area (Å²) in [6.45, 7) is 8.29. The fraction of sp³-hybridized carbons (Fsp3) is 0.0500. The van der Waals surface area contributed by atoms with E-state index in [2.05, 4.69) is 268 Å². The molecule has 0 aliphatic carbocycles. The van der Waals surface area contributed by atoms with Crippen molar-refractivity contribution in [2.45, 2.75) is 27.7 Å². The van der Waals surface area contributed by atoms with Gasteiger partial charge in [0.2, 0.25) is 0 Å². The molecular formula is C80H58F2N2. The molecule has 0 heterocycles. The van der Waals surface area contributed by atoms with Crippen LogP contribution >= 0.6 is 0 Å². The molecule has 0 spiro atoms. The molecule has 0 aromatic heterocycles. The lowest BCUT2D eigenvalue weighted by Gasteiger charge is -2.32. The Bertz CT molecular complexity index is 4440. The van der Waals surface area contributed by atoms with Gasteiger partial charge in [-0.3, -0.25) is 0 Å². The number of halogens is 2. The van der Waals surface area contributed by atoms with Crippen molar-refractivity contribution in [3.63, 3.8) is 0 Å². The number of anilines is 6. The van der Waals surface area contributed by atoms with Crippen molar-refractivity contribution < 1.29 is 8.78 Å². The average Bonchev–Trinajstić information content (AvgIpc) is 1.97. The van der Waals surface area contributed by atoms with E-state index in [1.807, 2.05) is 36.4 Å². The summed E-state index contributed by atoms with van der Waals surface area (Å²) in [5.41, 5.74) is 19.5. The molecule has 4 heteroatoms. The summed E-state index contributed by atoms with van der Waals surface area (Å²) in [6.07, 6.45) is 0. The van der Waals surface area contributed by atoms with Crippen LogP contribution in [0.25, 0.3) is 99.1 Å². The first-order valence-electron chi connectivity index (χ1n) is 28.7. The highest BCUT2D eigenvalue weighted by atomic mass is 19.1. The topological polar surface area (TPSA) is 6.48 Å². The Morgan fingerprint density at radius 1 is 0.250 bits per heavy atom. The molecule has 14 rings (SSSR count). The average molecular weight is 1090 g/mol. The third kappa shape index (κ3) is 9.52. The normalized spacial score (nSPS) is 11.5. The molecule has 0 fully saturated rings. The minimum absolute atomic E-state index is 0.352. The van der Waals surface area contributed by atoms with Crippen LogP contribution in [0.2, 0.25) is 0 Å². The Hall–Kier alpha value is -10.4. The van der Waals surface area contributed by atoms with E-state index in [0.717, 1.165) is 144 Å². The second kappa shape index (κ2) is 21.5. The molecule has 0 atom stereocenters. The number of hydrogen-bond acceptors (Lipinski definition) is 2. The van der Waals surface area contributed by atoms with Gasteiger partial charge in [-0.15, -0.1) is 0 Å². The third-order valence-corrected chi connectivity index (χ3v) is 16.6. The highest BCUT2D eigenvalue weighted by molar-refractivity contribution is 6.28. The summed E-state index contributed by atoms with van der Waals surface area (Å²) < 4.78 is 36.7. The van der Waals surface area contributed by atoms with Crippen LogP contribution in [0, 0.1) is 39.3 Å². The molecule has 0 saturated carbocycles. The van der Waals surface area contributed by atoms with Gasteiger partial charge in [0.1, 0.15) is 11.6 Å². The van der Waals surface area contributed by atoms with Crippen LogP contribution in [0.5, 0.6) is 0 Å². The van der Waals surface area contributed by atoms with Crippen molar-refractivity contribution in [1.29, 1.82) is 0 Å². The van der Waals surface area contributed by atoms with Crippen LogP contribution in [-0.2, 0) is 0 Å². The Balaban J connectivity index is 1.04. The predicted octanol–water partition coefficient (Wildman–Crippen LogP) is 23.0. The fourth-order valence-corrected chi connectivity index (χ4v) is 12.2. The van der Waals surface area contributed by atoms with Gasteiger partial charge in [-0.2, -0.15) is 0 Å². The zero-order chi connectivity index (χ0) is 57.0. The predicted molar refractivity (Wildman–Crippen MR) is 351 cm³/mol. The lowest BCUT2D eigenvalue weighted by Crippen LogP contribution is -2.15. The lowest BCUT2D eigenvalue weighted by molar-refractivity contribution is 0.629. The number of rotatable bonds is 12. The molecule has 14 aromatic carbocycles. The first-order chi connectivity index (χ1) is 41.1. The molecule has 2 nitrogen and oxygen atoms in total. The van der Waals surface area contributed by atoms with E-state index in [4.69, 9.17) is 0 Å². The first-order valence-corrected chi connectivity index (χ1v) is 28.7. The van der Waals surface area contributed by atoms with Crippen molar-refractivity contribution in [3.8, 4) is 66.8 Å². The first kappa shape index (κ1) is 51.7. The molecule has 0 amide bonds. The summed E-state index contributed by atoms with van der Waals surface area (Å²) in [5, 5.41) is 5.99. The van der Waals surface area contributed by atoms with Gasteiger partial charge in [0.15, 0.2) is 0 Å². The highest BCUT2D eigenvalue weighted by Crippen LogP contribution is 2.52. The fourth-order valence-electron chi connectivity index (χ4n) is 12.2. The van der Waals surface area contributed by atoms with Crippen LogP contribution in [0.4, 0.5) is 42.9 Å². The summed E-state index contributed by atoms with van der Waals surface area (Å²) in [5.74, 6) is -0.704. The maximum atomic E-state index is 18.3. The largest absolute Gasteiger partial charge is 0.307 e. The Morgan fingerprint density at radius 3 is 0.940 bits per heavy atom. The molecule has 0 aliphatic rings. The Labute approximate surface area is 489 Å². The van der Waals surface area contributed by atoms with Crippen LogP contribution < -0.4 is 9.80 Å². The summed E-state index contributed by atoms with van der Waals surface area (Å²) in [6, 6.07) is 95.9. The minimum Gasteiger partial charge on any atom is -0.307 e. The summed E-state index contributed by atoms with van der Waals surface area (Å²) in [7, 11) is 0. The molecule has 0 radical (unpaired) electrons. The van der Waals surface area contributed by atoms with Gasteiger partial charge in [0.05, 0.1) is 22.7 Å². The molecule has 0 saturated heterocycles. The molecule has 0 N–H and O–H groups in total. The van der Waals surface area contributed by atoms with E-state index in [0.29, 0.717) is 11.4 Å². The van der Waals surface area contributed by atoms with Gasteiger partial charge >= 0.3 is 0 Å². The van der Waals surface area contributed by atoms with E-state index >= 15 is 8.78 Å². The van der Waals surface area contributed by atoms with Crippen molar-refractivity contribution in [2.75, 3.05) is 9.80 Å². The zero-order valence-electron chi connectivity index (χ0n) is 47.2. The van der Waals surface area contributed by atoms with Gasteiger partial charge in [-0.25, -0.2) is 8.78 Å². The molecule has 84 heavy (non-hydrogen) atoms. The maximum absolute atomic E-state index is 18.3. The third-order valence-electron chi connectivity index (χ3n) is 16.6. The lowest BCUT2D eigenvalue weighted by atomic mass is 9.90. The van der Waals surface area contributed by atoms with Gasteiger partial charge < -0.3 is 9.80 Å². The van der Waals surface area contributed by atoms with E-state index < -0.39 is 0 Å². The van der Waals surface area contributed by atoms with Crippen LogP contribution in [-0.4, -0.2) is 0 Å². The monoisotopic (exact) mass is 1080 g/mol. The number of aryl methyl sites for hydroxylation is 4. The second-order valence-corrected chi connectivity index (χ2v) is 22.3. The van der Waals surface area contributed by atoms with Crippen LogP contribution in [0.1, 0.15) is 22.3 Å². The molecule has 14 aromatic rings. The Morgan fingerprint density at radius 2 is 0.571 bits per heavy atom. The molecule has 0 bridgehead atoms. The van der Waals surface area contributed by atoms with Gasteiger partial charge in [-0.05, 0) is 166 Å². The smallest absolute Gasteiger partial charge is 0.148 e. The Kier molecular flexibility index (Phi) is 13.2. The minimum atomic E-state index is -0.352. The quantitative estimate of drug-likeness (QED) is 0.113. The highest BCUT2D eigenvalue weighted by Gasteiger charge is 2.29. The van der Waals surface area contributed by atoms with E-state index in [-0.39, 0.29) is 11.6 Å². The SMILES string of the molecule is Cc1ccc(-c2cc(F)c(N(c3cccc(-c4ccccc4)c3)c3ccc4ccc5c(N(c6cccc(-c7ccccc7)c6)c6c(F)cc(-c7ccc(C)cc7)cc6-c6ccc(C)cc6)ccc6ccc3c4c65)c(-c3ccc(C)cc3)c2)cc1. The van der Waals surface area contributed by atoms with Gasteiger partial charge in [0.25, 0.3) is 0 Å². The van der Waals surface area contributed by atoms with Crippen molar-refractivity contribution in [3.05, 3.63) is 313 Å². The standard InChI is InChI=1S/C80H58F2N2/c1-51-21-29-57(30-22-51)65-47-71(59-33-25-53(3)26-34-59)79(73(81)49-65)83(67-19-11-17-63(45-67)55-13-7-5-8-14-55)75-43-39-61-38-42-70-76(44-40-62-37-41-69(75)77(61)78(62)70)84(68-20-12-18-64(46-68)56-15-9-6-10-16-56)80-72(60-35-27-54(4)28-36-60)48-66(50-74(80)82)58-31-23-52(2)24-32-58/h5-50H,1-4H3. The second-order valence-electron chi connectivity index (χ2n) is 22.3. The molecule has 0 aliphatic heterocycles. The number of hydrogen-bond donors (Lipinski definition) is 0. The summed E-state index contributed by atoms with van der Waals surface area (Å²) >= 11 is 0. The van der Waals surface area contributed by atoms with E-state index in [9.17, 15) is 0 Å². The molecular weight excluding hydrogens is 1030 g/mol. The van der Waals surface area contributed by atoms with Gasteiger partial charge in [0, 0.05) is 33.3 Å². The maximum Gasteiger partial charge on any atom is 0.148 e. The molecule has 402 valence electrons. The zero-order valence-corrected chi connectivity index (χ0v) is 47.2. The van der Waals surface area contributed by atoms with Gasteiger partial charge in [-0.1, -0.05) is 241 Å². The summed E-state index contributed by atoms with van der Waals surface area (Å²) in [4.78, 5) is 4.26. The number of benzene rings is 14. The van der Waals surface area contributed by atoms with Crippen molar-refractivity contribution >= 4 is 66.4 Å². The van der Waals surface area contributed by atoms with Crippen molar-refractivity contribution in [1.82, 2.24) is 0 Å². The molecule has 0 unspecified atom stereocenters. The van der Waals surface area contributed by atoms with E-state index in [1.165, 1.54) is 0 Å². The van der Waals surface area contributed by atoms with Crippen LogP contribution in [0.15, 0.2) is 279 Å². The van der Waals surface area contributed by atoms with Crippen molar-refractivity contribution in [2.24, 2.45) is 0 Å². The van der Waals surface area contributed by atoms with Crippen LogP contribution in [0.3, 0.4) is 0 Å². The number of nitrogens with zero attached hydrogens (tertiary/aromatic N) is 2. The van der Waals surface area contributed by atoms with E-state index in [1.54, 1.807) is 12.1 Å².